The molecule has 1 atom stereocenters. The van der Waals surface area contributed by atoms with Gasteiger partial charge in [0.25, 0.3) is 0 Å². The van der Waals surface area contributed by atoms with Crippen molar-refractivity contribution in [2.45, 2.75) is 20.0 Å². The van der Waals surface area contributed by atoms with Crippen molar-refractivity contribution in [2.75, 3.05) is 25.6 Å². The van der Waals surface area contributed by atoms with E-state index >= 15 is 0 Å². The van der Waals surface area contributed by atoms with Crippen LogP contribution in [0, 0.1) is 0 Å². The van der Waals surface area contributed by atoms with Gasteiger partial charge in [-0.1, -0.05) is 12.2 Å². The summed E-state index contributed by atoms with van der Waals surface area (Å²) in [5.74, 6) is 0.767. The Labute approximate surface area is 80.4 Å². The van der Waals surface area contributed by atoms with Gasteiger partial charge in [0.1, 0.15) is 0 Å². The maximum absolute atomic E-state index is 5.40. The van der Waals surface area contributed by atoms with Crippen LogP contribution in [0.1, 0.15) is 13.8 Å². The molecule has 0 aromatic rings. The number of rotatable bonds is 7. The van der Waals surface area contributed by atoms with Gasteiger partial charge in [-0.15, -0.1) is 0 Å². The van der Waals surface area contributed by atoms with Crippen molar-refractivity contribution in [3.8, 4) is 0 Å². The van der Waals surface area contributed by atoms with E-state index in [1.165, 1.54) is 0 Å². The van der Waals surface area contributed by atoms with Crippen LogP contribution in [0.25, 0.3) is 0 Å². The van der Waals surface area contributed by atoms with Gasteiger partial charge in [-0.3, -0.25) is 0 Å². The maximum Gasteiger partial charge on any atom is 0.0784 e. The standard InChI is InChI=1S/C9H18O2S/c1-3-10-8-9(2)11-6-4-5-7-12/h4-5,9,12H,3,6-8H2,1-2H3/b5-4+. The van der Waals surface area contributed by atoms with Gasteiger partial charge in [0, 0.05) is 12.4 Å². The molecule has 0 saturated carbocycles. The van der Waals surface area contributed by atoms with Crippen LogP contribution in [-0.2, 0) is 9.47 Å². The average Bonchev–Trinajstić information content (AvgIpc) is 2.09. The zero-order valence-corrected chi connectivity index (χ0v) is 8.72. The maximum atomic E-state index is 5.40. The summed E-state index contributed by atoms with van der Waals surface area (Å²) in [6.45, 7) is 6.05. The van der Waals surface area contributed by atoms with Crippen LogP contribution in [0.3, 0.4) is 0 Å². The van der Waals surface area contributed by atoms with Crippen molar-refractivity contribution in [1.82, 2.24) is 0 Å². The monoisotopic (exact) mass is 190 g/mol. The molecule has 0 saturated heterocycles. The van der Waals surface area contributed by atoms with Gasteiger partial charge in [-0.25, -0.2) is 0 Å². The molecule has 0 rings (SSSR count). The Morgan fingerprint density at radius 3 is 2.75 bits per heavy atom. The van der Waals surface area contributed by atoms with Gasteiger partial charge in [-0.05, 0) is 13.8 Å². The fourth-order valence-electron chi connectivity index (χ4n) is 0.694. The van der Waals surface area contributed by atoms with Crippen molar-refractivity contribution in [3.05, 3.63) is 12.2 Å². The molecular formula is C9H18O2S. The lowest BCUT2D eigenvalue weighted by Gasteiger charge is -2.10. The summed E-state index contributed by atoms with van der Waals surface area (Å²) in [6.07, 6.45) is 4.11. The van der Waals surface area contributed by atoms with Crippen LogP contribution >= 0.6 is 12.6 Å². The SMILES string of the molecule is CCOCC(C)OC/C=C/CS. The van der Waals surface area contributed by atoms with Gasteiger partial charge >= 0.3 is 0 Å². The second kappa shape index (κ2) is 9.10. The van der Waals surface area contributed by atoms with Crippen LogP contribution < -0.4 is 0 Å². The lowest BCUT2D eigenvalue weighted by molar-refractivity contribution is 0.00836. The zero-order valence-electron chi connectivity index (χ0n) is 7.82. The molecular weight excluding hydrogens is 172 g/mol. The van der Waals surface area contributed by atoms with Gasteiger partial charge < -0.3 is 9.47 Å². The molecule has 0 fully saturated rings. The van der Waals surface area contributed by atoms with Crippen LogP contribution in [0.5, 0.6) is 0 Å². The van der Waals surface area contributed by atoms with E-state index in [1.807, 2.05) is 26.0 Å². The highest BCUT2D eigenvalue weighted by atomic mass is 32.1. The van der Waals surface area contributed by atoms with Gasteiger partial charge in [0.15, 0.2) is 0 Å². The highest BCUT2D eigenvalue weighted by Crippen LogP contribution is 1.92. The minimum atomic E-state index is 0.175. The van der Waals surface area contributed by atoms with Crippen molar-refractivity contribution in [2.24, 2.45) is 0 Å². The molecule has 0 bridgehead atoms. The third kappa shape index (κ3) is 8.11. The first-order valence-corrected chi connectivity index (χ1v) is 4.89. The smallest absolute Gasteiger partial charge is 0.0784 e. The number of thiol groups is 1. The van der Waals surface area contributed by atoms with Crippen molar-refractivity contribution >= 4 is 12.6 Å². The van der Waals surface area contributed by atoms with Crippen LogP contribution in [0.2, 0.25) is 0 Å². The summed E-state index contributed by atoms with van der Waals surface area (Å²) in [7, 11) is 0. The molecule has 0 aliphatic heterocycles. The molecule has 0 aliphatic rings. The van der Waals surface area contributed by atoms with E-state index in [4.69, 9.17) is 9.47 Å². The Morgan fingerprint density at radius 1 is 1.42 bits per heavy atom. The van der Waals surface area contributed by atoms with E-state index in [-0.39, 0.29) is 6.10 Å². The quantitative estimate of drug-likeness (QED) is 0.488. The van der Waals surface area contributed by atoms with Crippen molar-refractivity contribution in [1.29, 1.82) is 0 Å². The Kier molecular flexibility index (Phi) is 9.11. The molecule has 0 aromatic carbocycles. The second-order valence-electron chi connectivity index (χ2n) is 2.46. The van der Waals surface area contributed by atoms with Crippen LogP contribution in [0.4, 0.5) is 0 Å². The molecule has 0 spiro atoms. The lowest BCUT2D eigenvalue weighted by Crippen LogP contribution is -2.15. The average molecular weight is 190 g/mol. The van der Waals surface area contributed by atoms with Gasteiger partial charge in [-0.2, -0.15) is 12.6 Å². The molecule has 0 aromatic heterocycles. The molecule has 0 heterocycles. The lowest BCUT2D eigenvalue weighted by atomic mass is 10.4. The van der Waals surface area contributed by atoms with E-state index in [0.717, 1.165) is 12.4 Å². The summed E-state index contributed by atoms with van der Waals surface area (Å²) in [4.78, 5) is 0. The second-order valence-corrected chi connectivity index (χ2v) is 2.82. The number of ether oxygens (including phenoxy) is 2. The molecule has 1 unspecified atom stereocenters. The molecule has 12 heavy (non-hydrogen) atoms. The molecule has 0 amide bonds. The largest absolute Gasteiger partial charge is 0.379 e. The van der Waals surface area contributed by atoms with E-state index in [1.54, 1.807) is 0 Å². The summed E-state index contributed by atoms with van der Waals surface area (Å²) in [5, 5.41) is 0. The first kappa shape index (κ1) is 12.0. The molecule has 0 aliphatic carbocycles. The van der Waals surface area contributed by atoms with Crippen LogP contribution in [-0.4, -0.2) is 31.7 Å². The van der Waals surface area contributed by atoms with E-state index in [2.05, 4.69) is 12.6 Å². The van der Waals surface area contributed by atoms with Crippen LogP contribution in [0.15, 0.2) is 12.2 Å². The fourth-order valence-corrected chi connectivity index (χ4v) is 0.843. The minimum absolute atomic E-state index is 0.175. The number of hydrogen-bond acceptors (Lipinski definition) is 3. The third-order valence-electron chi connectivity index (χ3n) is 1.31. The minimum Gasteiger partial charge on any atom is -0.379 e. The summed E-state index contributed by atoms with van der Waals surface area (Å²) >= 11 is 4.03. The molecule has 0 N–H and O–H groups in total. The van der Waals surface area contributed by atoms with Gasteiger partial charge in [0.05, 0.1) is 19.3 Å². The zero-order chi connectivity index (χ0) is 9.23. The predicted octanol–water partition coefficient (Wildman–Crippen LogP) is 1.91. The van der Waals surface area contributed by atoms with E-state index < -0.39 is 0 Å². The van der Waals surface area contributed by atoms with Crippen molar-refractivity contribution < 1.29 is 9.47 Å². The molecule has 72 valence electrons. The van der Waals surface area contributed by atoms with Crippen molar-refractivity contribution in [3.63, 3.8) is 0 Å². The summed E-state index contributed by atoms with van der Waals surface area (Å²) < 4.78 is 10.6. The first-order chi connectivity index (χ1) is 5.81. The fraction of sp³-hybridized carbons (Fsp3) is 0.778. The predicted molar refractivity (Wildman–Crippen MR) is 54.9 cm³/mol. The molecule has 2 nitrogen and oxygen atoms in total. The van der Waals surface area contributed by atoms with Gasteiger partial charge in [0.2, 0.25) is 0 Å². The molecule has 0 radical (unpaired) electrons. The normalized spacial score (nSPS) is 13.9. The Hall–Kier alpha value is 0.01000. The number of hydrogen-bond donors (Lipinski definition) is 1. The molecule has 3 heteroatoms. The Morgan fingerprint density at radius 2 is 2.17 bits per heavy atom. The third-order valence-corrected chi connectivity index (χ3v) is 1.52. The summed E-state index contributed by atoms with van der Waals surface area (Å²) in [5.41, 5.74) is 0. The highest BCUT2D eigenvalue weighted by Gasteiger charge is 1.98. The van der Waals surface area contributed by atoms with E-state index in [9.17, 15) is 0 Å². The summed E-state index contributed by atoms with van der Waals surface area (Å²) in [6, 6.07) is 0. The Balaban J connectivity index is 3.18. The highest BCUT2D eigenvalue weighted by molar-refractivity contribution is 7.80. The Bertz CT molecular complexity index is 115. The first-order valence-electron chi connectivity index (χ1n) is 4.26. The topological polar surface area (TPSA) is 18.5 Å². The van der Waals surface area contributed by atoms with E-state index in [0.29, 0.717) is 13.2 Å².